The quantitative estimate of drug-likeness (QED) is 0.144. The Labute approximate surface area is 212 Å². The van der Waals surface area contributed by atoms with Crippen LogP contribution in [0.5, 0.6) is 0 Å². The van der Waals surface area contributed by atoms with Gasteiger partial charge in [0, 0.05) is 11.3 Å². The van der Waals surface area contributed by atoms with Crippen molar-refractivity contribution in [3.63, 3.8) is 0 Å². The number of carbonyl (C=O) groups is 1. The molecule has 170 valence electrons. The summed E-state index contributed by atoms with van der Waals surface area (Å²) in [7, 11) is 0. The number of carbonyl (C=O) groups excluding carboxylic acids is 1. The monoisotopic (exact) mass is 519 g/mol. The fourth-order valence-electron chi connectivity index (χ4n) is 2.64. The fraction of sp³-hybridized carbons (Fsp3) is 0.130. The van der Waals surface area contributed by atoms with E-state index >= 15 is 0 Å². The van der Waals surface area contributed by atoms with Crippen LogP contribution in [0.3, 0.4) is 0 Å². The van der Waals surface area contributed by atoms with E-state index in [1.54, 1.807) is 36.4 Å². The lowest BCUT2D eigenvalue weighted by Gasteiger charge is -2.27. The van der Waals surface area contributed by atoms with Gasteiger partial charge in [0.25, 0.3) is 5.91 Å². The Hall–Kier alpha value is -2.71. The van der Waals surface area contributed by atoms with Crippen molar-refractivity contribution in [2.75, 3.05) is 5.32 Å². The molecule has 0 aliphatic heterocycles. The van der Waals surface area contributed by atoms with Crippen molar-refractivity contribution in [1.29, 1.82) is 0 Å². The van der Waals surface area contributed by atoms with Crippen LogP contribution < -0.4 is 16.0 Å². The van der Waals surface area contributed by atoms with Gasteiger partial charge in [0.1, 0.15) is 6.17 Å². The van der Waals surface area contributed by atoms with Crippen molar-refractivity contribution in [3.05, 3.63) is 90.0 Å². The van der Waals surface area contributed by atoms with Crippen molar-refractivity contribution in [2.45, 2.75) is 16.9 Å². The van der Waals surface area contributed by atoms with Gasteiger partial charge < -0.3 is 16.0 Å². The zero-order valence-electron chi connectivity index (χ0n) is 17.4. The van der Waals surface area contributed by atoms with E-state index < -0.39 is 15.9 Å². The molecule has 0 heterocycles. The van der Waals surface area contributed by atoms with Crippen LogP contribution in [0.25, 0.3) is 0 Å². The van der Waals surface area contributed by atoms with Crippen molar-refractivity contribution < 1.29 is 4.79 Å². The van der Waals surface area contributed by atoms with Crippen LogP contribution in [0, 0.1) is 6.92 Å². The fourth-order valence-corrected chi connectivity index (χ4v) is 3.20. The van der Waals surface area contributed by atoms with E-state index in [4.69, 9.17) is 47.0 Å². The van der Waals surface area contributed by atoms with E-state index in [2.05, 4.69) is 26.2 Å². The van der Waals surface area contributed by atoms with Crippen LogP contribution in [-0.2, 0) is 0 Å². The molecule has 3 N–H and O–H groups in total. The number of rotatable bonds is 6. The third-order valence-corrected chi connectivity index (χ3v) is 5.23. The molecule has 0 fully saturated rings. The molecule has 0 saturated carbocycles. The van der Waals surface area contributed by atoms with E-state index in [1.807, 2.05) is 49.4 Å². The summed E-state index contributed by atoms with van der Waals surface area (Å²) in [4.78, 5) is 12.5. The molecule has 6 nitrogen and oxygen atoms in total. The number of nitrogens with one attached hydrogen (secondary N) is 3. The van der Waals surface area contributed by atoms with Gasteiger partial charge in [-0.2, -0.15) is 10.2 Å². The average Bonchev–Trinajstić information content (AvgIpc) is 2.78. The van der Waals surface area contributed by atoms with Gasteiger partial charge in [0.2, 0.25) is 3.79 Å². The lowest BCUT2D eigenvalue weighted by molar-refractivity contribution is 0.0934. The number of amides is 1. The lowest BCUT2D eigenvalue weighted by atomic mass is 10.1. The maximum absolute atomic E-state index is 12.5. The molecular weight excluding hydrogens is 501 g/mol. The van der Waals surface area contributed by atoms with Crippen LogP contribution in [0.2, 0.25) is 0 Å². The molecule has 3 rings (SSSR count). The van der Waals surface area contributed by atoms with Crippen LogP contribution in [-0.4, -0.2) is 21.0 Å². The number of nitrogens with zero attached hydrogens (tertiary/aromatic N) is 2. The van der Waals surface area contributed by atoms with E-state index in [-0.39, 0.29) is 5.11 Å². The zero-order chi connectivity index (χ0) is 23.8. The second-order valence-corrected chi connectivity index (χ2v) is 9.77. The molecule has 1 amide bonds. The van der Waals surface area contributed by atoms with Gasteiger partial charge in [-0.3, -0.25) is 4.79 Å². The number of halogens is 3. The molecule has 0 saturated heterocycles. The highest BCUT2D eigenvalue weighted by atomic mass is 35.6. The Bertz CT molecular complexity index is 1120. The number of benzene rings is 3. The minimum absolute atomic E-state index is 0.161. The van der Waals surface area contributed by atoms with Crippen molar-refractivity contribution in [2.24, 2.45) is 10.2 Å². The van der Waals surface area contributed by atoms with Crippen LogP contribution in [0.15, 0.2) is 89.1 Å². The van der Waals surface area contributed by atoms with Crippen molar-refractivity contribution in [1.82, 2.24) is 10.6 Å². The first kappa shape index (κ1) is 24.9. The Kier molecular flexibility index (Phi) is 8.63. The molecule has 33 heavy (non-hydrogen) atoms. The number of aryl methyl sites for hydroxylation is 1. The first-order chi connectivity index (χ1) is 15.7. The molecule has 0 bridgehead atoms. The summed E-state index contributed by atoms with van der Waals surface area (Å²) in [6.07, 6.45) is -1.07. The minimum Gasteiger partial charge on any atom is -0.339 e. The summed E-state index contributed by atoms with van der Waals surface area (Å²) in [5.74, 6) is -0.408. The summed E-state index contributed by atoms with van der Waals surface area (Å²) >= 11 is 23.5. The van der Waals surface area contributed by atoms with E-state index in [1.165, 1.54) is 0 Å². The van der Waals surface area contributed by atoms with E-state index in [0.717, 1.165) is 11.3 Å². The molecule has 0 radical (unpaired) electrons. The number of hydrogen-bond acceptors (Lipinski definition) is 4. The number of alkyl halides is 3. The van der Waals surface area contributed by atoms with Gasteiger partial charge in [-0.1, -0.05) is 70.7 Å². The number of thiocarbonyl (C=S) groups is 1. The molecule has 1 atom stereocenters. The molecule has 0 aliphatic rings. The predicted molar refractivity (Wildman–Crippen MR) is 139 cm³/mol. The molecule has 0 aliphatic carbocycles. The molecule has 3 aromatic rings. The molecule has 0 spiro atoms. The minimum atomic E-state index is -1.85. The largest absolute Gasteiger partial charge is 0.339 e. The Balaban J connectivity index is 1.60. The predicted octanol–water partition coefficient (Wildman–Crippen LogP) is 6.82. The van der Waals surface area contributed by atoms with Gasteiger partial charge in [-0.05, 0) is 67.7 Å². The van der Waals surface area contributed by atoms with Crippen LogP contribution >= 0.6 is 47.0 Å². The van der Waals surface area contributed by atoms with Crippen LogP contribution in [0.1, 0.15) is 15.9 Å². The normalized spacial score (nSPS) is 12.2. The molecule has 0 aromatic heterocycles. The average molecular weight is 521 g/mol. The zero-order valence-corrected chi connectivity index (χ0v) is 20.5. The van der Waals surface area contributed by atoms with Crippen molar-refractivity contribution in [3.8, 4) is 0 Å². The highest BCUT2D eigenvalue weighted by Crippen LogP contribution is 2.29. The number of anilines is 1. The van der Waals surface area contributed by atoms with Gasteiger partial charge in [-0.15, -0.1) is 0 Å². The summed E-state index contributed by atoms with van der Waals surface area (Å²) in [6.45, 7) is 1.93. The van der Waals surface area contributed by atoms with Gasteiger partial charge in [-0.25, -0.2) is 0 Å². The first-order valence-electron chi connectivity index (χ1n) is 9.79. The highest BCUT2D eigenvalue weighted by Gasteiger charge is 2.34. The number of azo groups is 1. The molecular formula is C23H20Cl3N5OS. The maximum Gasteiger partial charge on any atom is 0.252 e. The highest BCUT2D eigenvalue weighted by molar-refractivity contribution is 7.80. The van der Waals surface area contributed by atoms with Crippen LogP contribution in [0.4, 0.5) is 17.1 Å². The molecule has 10 heteroatoms. The van der Waals surface area contributed by atoms with Crippen molar-refractivity contribution >= 4 is 75.1 Å². The third-order valence-electron chi connectivity index (χ3n) is 4.35. The Morgan fingerprint density at radius 3 is 2.00 bits per heavy atom. The van der Waals surface area contributed by atoms with Gasteiger partial charge >= 0.3 is 0 Å². The maximum atomic E-state index is 12.5. The summed E-state index contributed by atoms with van der Waals surface area (Å²) in [6, 6.07) is 23.6. The number of hydrogen-bond donors (Lipinski definition) is 3. The Morgan fingerprint density at radius 1 is 0.848 bits per heavy atom. The second-order valence-electron chi connectivity index (χ2n) is 6.99. The smallest absolute Gasteiger partial charge is 0.252 e. The second kappa shape index (κ2) is 11.4. The van der Waals surface area contributed by atoms with E-state index in [0.29, 0.717) is 16.9 Å². The standard InChI is InChI=1S/C23H20Cl3N5OS/c1-15-7-9-16(10-8-15)20(32)28-21(23(24,25)26)29-22(33)27-17-11-13-19(14-12-17)31-30-18-5-3-2-4-6-18/h2-14,21H,1H3,(H,28,32)(H2,27,29,33)/t21-/m1/s1. The topological polar surface area (TPSA) is 77.9 Å². The van der Waals surface area contributed by atoms with E-state index in [9.17, 15) is 4.79 Å². The first-order valence-corrected chi connectivity index (χ1v) is 11.3. The summed E-state index contributed by atoms with van der Waals surface area (Å²) < 4.78 is -1.85. The molecule has 0 unspecified atom stereocenters. The summed E-state index contributed by atoms with van der Waals surface area (Å²) in [5, 5.41) is 17.0. The van der Waals surface area contributed by atoms with Gasteiger partial charge in [0.05, 0.1) is 11.4 Å². The third kappa shape index (κ3) is 7.98. The SMILES string of the molecule is Cc1ccc(C(=O)N[C@H](NC(=S)Nc2ccc(N=Nc3ccccc3)cc2)C(Cl)(Cl)Cl)cc1. The molecule has 3 aromatic carbocycles. The summed E-state index contributed by atoms with van der Waals surface area (Å²) in [5.41, 5.74) is 3.57. The van der Waals surface area contributed by atoms with Gasteiger partial charge in [0.15, 0.2) is 5.11 Å². The lowest BCUT2D eigenvalue weighted by Crippen LogP contribution is -2.56. The Morgan fingerprint density at radius 2 is 1.42 bits per heavy atom.